The molecule has 0 saturated carbocycles. The molecular formula is C14H9N3O4. The number of carbonyl (C=O) groups excluding carboxylic acids is 1. The topological polar surface area (TPSA) is 106 Å². The van der Waals surface area contributed by atoms with Crippen molar-refractivity contribution in [2.24, 2.45) is 0 Å². The fraction of sp³-hybridized carbons (Fsp3) is 0.0714. The fourth-order valence-electron chi connectivity index (χ4n) is 1.76. The highest BCUT2D eigenvalue weighted by Gasteiger charge is 2.15. The van der Waals surface area contributed by atoms with E-state index >= 15 is 0 Å². The van der Waals surface area contributed by atoms with Gasteiger partial charge in [-0.05, 0) is 18.2 Å². The van der Waals surface area contributed by atoms with E-state index in [9.17, 15) is 19.7 Å². The van der Waals surface area contributed by atoms with Crippen LogP contribution in [-0.2, 0) is 6.54 Å². The lowest BCUT2D eigenvalue weighted by atomic mass is 10.1. The monoisotopic (exact) mass is 283 g/mol. The highest BCUT2D eigenvalue weighted by atomic mass is 16.6. The molecule has 104 valence electrons. The van der Waals surface area contributed by atoms with Crippen molar-refractivity contribution < 1.29 is 9.72 Å². The van der Waals surface area contributed by atoms with E-state index in [1.165, 1.54) is 36.5 Å². The first kappa shape index (κ1) is 14.1. The number of hydrogen-bond acceptors (Lipinski definition) is 5. The van der Waals surface area contributed by atoms with E-state index in [2.05, 4.69) is 0 Å². The van der Waals surface area contributed by atoms with E-state index in [1.54, 1.807) is 0 Å². The van der Waals surface area contributed by atoms with Gasteiger partial charge in [0.15, 0.2) is 5.78 Å². The molecule has 0 aliphatic rings. The Kier molecular flexibility index (Phi) is 3.90. The molecule has 1 aromatic heterocycles. The van der Waals surface area contributed by atoms with Crippen LogP contribution in [0, 0.1) is 21.4 Å². The van der Waals surface area contributed by atoms with Crippen LogP contribution in [0.3, 0.4) is 0 Å². The van der Waals surface area contributed by atoms with E-state index in [-0.39, 0.29) is 12.3 Å². The summed E-state index contributed by atoms with van der Waals surface area (Å²) in [5, 5.41) is 19.4. The van der Waals surface area contributed by atoms with E-state index in [1.807, 2.05) is 6.07 Å². The predicted molar refractivity (Wildman–Crippen MR) is 72.8 cm³/mol. The summed E-state index contributed by atoms with van der Waals surface area (Å²) < 4.78 is 0.985. The summed E-state index contributed by atoms with van der Waals surface area (Å²) in [6.45, 7) is -0.299. The first-order valence-corrected chi connectivity index (χ1v) is 5.90. The fourth-order valence-corrected chi connectivity index (χ4v) is 1.76. The van der Waals surface area contributed by atoms with Crippen LogP contribution in [-0.4, -0.2) is 15.3 Å². The average Bonchev–Trinajstić information content (AvgIpc) is 2.49. The van der Waals surface area contributed by atoms with Crippen LogP contribution in [0.5, 0.6) is 0 Å². The van der Waals surface area contributed by atoms with Crippen molar-refractivity contribution in [2.45, 2.75) is 6.54 Å². The van der Waals surface area contributed by atoms with Crippen LogP contribution in [0.25, 0.3) is 0 Å². The van der Waals surface area contributed by atoms with E-state index < -0.39 is 16.2 Å². The maximum atomic E-state index is 12.0. The lowest BCUT2D eigenvalue weighted by Gasteiger charge is -2.04. The van der Waals surface area contributed by atoms with Gasteiger partial charge in [-0.25, -0.2) is 0 Å². The zero-order chi connectivity index (χ0) is 15.4. The summed E-state index contributed by atoms with van der Waals surface area (Å²) >= 11 is 0. The number of hydrogen-bond donors (Lipinski definition) is 0. The largest absolute Gasteiger partial charge is 0.334 e. The van der Waals surface area contributed by atoms with Gasteiger partial charge in [-0.1, -0.05) is 12.1 Å². The Morgan fingerprint density at radius 3 is 2.52 bits per heavy atom. The third-order valence-electron chi connectivity index (χ3n) is 2.85. The number of rotatable bonds is 4. The third-order valence-corrected chi connectivity index (χ3v) is 2.85. The Bertz CT molecular complexity index is 800. The van der Waals surface area contributed by atoms with Gasteiger partial charge in [0.2, 0.25) is 0 Å². The molecule has 0 saturated heterocycles. The molecule has 0 atom stereocenters. The molecule has 0 radical (unpaired) electrons. The van der Waals surface area contributed by atoms with Gasteiger partial charge < -0.3 is 4.57 Å². The highest BCUT2D eigenvalue weighted by molar-refractivity contribution is 5.96. The Morgan fingerprint density at radius 2 is 1.95 bits per heavy atom. The number of Topliss-reactive ketones (excluding diaryl/α,β-unsaturated/α-hetero) is 1. The number of ketones is 1. The lowest BCUT2D eigenvalue weighted by Crippen LogP contribution is -2.25. The van der Waals surface area contributed by atoms with Gasteiger partial charge in [-0.3, -0.25) is 19.7 Å². The molecule has 7 nitrogen and oxygen atoms in total. The molecular weight excluding hydrogens is 274 g/mol. The SMILES string of the molecule is N#Cc1ccc(C(=O)Cn2cccc([N+](=O)[O-])c2=O)cc1. The molecule has 7 heteroatoms. The molecule has 0 bridgehead atoms. The van der Waals surface area contributed by atoms with Crippen LogP contribution in [0.15, 0.2) is 47.4 Å². The Labute approximate surface area is 118 Å². The highest BCUT2D eigenvalue weighted by Crippen LogP contribution is 2.07. The van der Waals surface area contributed by atoms with Gasteiger partial charge in [0, 0.05) is 17.8 Å². The first-order chi connectivity index (χ1) is 10.0. The Morgan fingerprint density at radius 1 is 1.29 bits per heavy atom. The molecule has 21 heavy (non-hydrogen) atoms. The summed E-state index contributed by atoms with van der Waals surface area (Å²) in [5.41, 5.74) is -0.666. The molecule has 1 aromatic carbocycles. The lowest BCUT2D eigenvalue weighted by molar-refractivity contribution is -0.386. The molecule has 2 rings (SSSR count). The first-order valence-electron chi connectivity index (χ1n) is 5.90. The van der Waals surface area contributed by atoms with Crippen molar-refractivity contribution in [3.63, 3.8) is 0 Å². The van der Waals surface area contributed by atoms with Crippen molar-refractivity contribution in [1.82, 2.24) is 4.57 Å². The van der Waals surface area contributed by atoms with Crippen molar-refractivity contribution in [1.29, 1.82) is 5.26 Å². The molecule has 0 amide bonds. The second-order valence-corrected chi connectivity index (χ2v) is 4.20. The van der Waals surface area contributed by atoms with Crippen molar-refractivity contribution in [3.05, 3.63) is 74.2 Å². The number of pyridine rings is 1. The maximum Gasteiger partial charge on any atom is 0.334 e. The van der Waals surface area contributed by atoms with Crippen molar-refractivity contribution >= 4 is 11.5 Å². The number of nitrogens with zero attached hydrogens (tertiary/aromatic N) is 3. The minimum atomic E-state index is -0.829. The second-order valence-electron chi connectivity index (χ2n) is 4.20. The number of nitro groups is 1. The van der Waals surface area contributed by atoms with Crippen LogP contribution < -0.4 is 5.56 Å². The van der Waals surface area contributed by atoms with Crippen LogP contribution in [0.1, 0.15) is 15.9 Å². The molecule has 2 aromatic rings. The predicted octanol–water partition coefficient (Wildman–Crippen LogP) is 1.51. The van der Waals surface area contributed by atoms with Gasteiger partial charge in [0.05, 0.1) is 23.1 Å². The number of nitriles is 1. The van der Waals surface area contributed by atoms with Gasteiger partial charge >= 0.3 is 11.2 Å². The van der Waals surface area contributed by atoms with Crippen LogP contribution >= 0.6 is 0 Å². The molecule has 0 N–H and O–H groups in total. The van der Waals surface area contributed by atoms with Gasteiger partial charge in [0.25, 0.3) is 0 Å². The number of aromatic nitrogens is 1. The smallest absolute Gasteiger partial charge is 0.302 e. The Balaban J connectivity index is 2.28. The molecule has 0 aliphatic heterocycles. The normalized spacial score (nSPS) is 9.86. The van der Waals surface area contributed by atoms with Gasteiger partial charge in [-0.15, -0.1) is 0 Å². The van der Waals surface area contributed by atoms with Gasteiger partial charge in [0.1, 0.15) is 0 Å². The van der Waals surface area contributed by atoms with Crippen molar-refractivity contribution in [2.75, 3.05) is 0 Å². The van der Waals surface area contributed by atoms with E-state index in [0.717, 1.165) is 10.6 Å². The summed E-state index contributed by atoms with van der Waals surface area (Å²) in [7, 11) is 0. The molecule has 0 aliphatic carbocycles. The summed E-state index contributed by atoms with van der Waals surface area (Å²) in [6, 6.07) is 10.3. The zero-order valence-corrected chi connectivity index (χ0v) is 10.7. The quantitative estimate of drug-likeness (QED) is 0.480. The minimum Gasteiger partial charge on any atom is -0.302 e. The summed E-state index contributed by atoms with van der Waals surface area (Å²) in [6.07, 6.45) is 1.32. The molecule has 0 spiro atoms. The maximum absolute atomic E-state index is 12.0. The Hall–Kier alpha value is -3.27. The molecule has 1 heterocycles. The number of benzene rings is 1. The summed E-state index contributed by atoms with van der Waals surface area (Å²) in [5.74, 6) is -0.373. The number of carbonyl (C=O) groups is 1. The molecule has 0 unspecified atom stereocenters. The third kappa shape index (κ3) is 3.01. The van der Waals surface area contributed by atoms with Crippen molar-refractivity contribution in [3.8, 4) is 6.07 Å². The van der Waals surface area contributed by atoms with Crippen LogP contribution in [0.2, 0.25) is 0 Å². The van der Waals surface area contributed by atoms with Gasteiger partial charge in [-0.2, -0.15) is 5.26 Å². The second kappa shape index (κ2) is 5.79. The van der Waals surface area contributed by atoms with Crippen LogP contribution in [0.4, 0.5) is 5.69 Å². The van der Waals surface area contributed by atoms with E-state index in [0.29, 0.717) is 11.1 Å². The van der Waals surface area contributed by atoms with E-state index in [4.69, 9.17) is 5.26 Å². The zero-order valence-electron chi connectivity index (χ0n) is 10.7. The summed E-state index contributed by atoms with van der Waals surface area (Å²) in [4.78, 5) is 33.7. The average molecular weight is 283 g/mol. The minimum absolute atomic E-state index is 0.299. The standard InChI is InChI=1S/C14H9N3O4/c15-8-10-3-5-11(6-4-10)13(18)9-16-7-1-2-12(14(16)19)17(20)21/h1-7H,9H2. The molecule has 0 fully saturated rings.